The highest BCUT2D eigenvalue weighted by atomic mass is 16.4. The second-order valence-electron chi connectivity index (χ2n) is 5.01. The van der Waals surface area contributed by atoms with Crippen LogP contribution in [0.4, 0.5) is 0 Å². The second-order valence-corrected chi connectivity index (χ2v) is 5.01. The quantitative estimate of drug-likeness (QED) is 0.529. The Bertz CT molecular complexity index is 182. The average Bonchev–Trinajstić information content (AvgIpc) is 2.32. The Kier molecular flexibility index (Phi) is 12.5. The van der Waals surface area contributed by atoms with Gasteiger partial charge in [-0.15, -0.1) is 0 Å². The molecule has 0 amide bonds. The van der Waals surface area contributed by atoms with Gasteiger partial charge >= 0.3 is 5.97 Å². The molecule has 5 heteroatoms. The van der Waals surface area contributed by atoms with E-state index in [0.29, 0.717) is 18.8 Å². The molecule has 0 aromatic rings. The van der Waals surface area contributed by atoms with Crippen LogP contribution in [0.1, 0.15) is 46.5 Å². The molecule has 0 aliphatic carbocycles. The second kappa shape index (κ2) is 11.4. The third kappa shape index (κ3) is 10.5. The van der Waals surface area contributed by atoms with E-state index in [0.717, 1.165) is 12.8 Å². The third-order valence-electron chi connectivity index (χ3n) is 2.93. The van der Waals surface area contributed by atoms with Gasteiger partial charge in [-0.25, -0.2) is 0 Å². The Hall–Kier alpha value is -0.650. The van der Waals surface area contributed by atoms with E-state index in [2.05, 4.69) is 13.8 Å². The molecule has 110 valence electrons. The van der Waals surface area contributed by atoms with Crippen LogP contribution in [-0.2, 0) is 4.79 Å². The van der Waals surface area contributed by atoms with E-state index < -0.39 is 11.4 Å². The molecule has 0 radical (unpaired) electrons. The largest absolute Gasteiger partial charge is 0.481 e. The van der Waals surface area contributed by atoms with Gasteiger partial charge in [-0.05, 0) is 18.8 Å². The molecule has 0 aromatic heterocycles. The van der Waals surface area contributed by atoms with Crippen molar-refractivity contribution in [2.45, 2.75) is 46.5 Å². The van der Waals surface area contributed by atoms with E-state index in [1.807, 2.05) is 6.92 Å². The molecule has 4 N–H and O–H groups in total. The number of hydrogen-bond donors (Lipinski definition) is 4. The fourth-order valence-corrected chi connectivity index (χ4v) is 1.15. The highest BCUT2D eigenvalue weighted by Crippen LogP contribution is 2.18. The summed E-state index contributed by atoms with van der Waals surface area (Å²) in [5.41, 5.74) is -0.667. The zero-order valence-electron chi connectivity index (χ0n) is 11.7. The molecule has 0 aromatic carbocycles. The molecule has 0 atom stereocenters. The first-order valence-corrected chi connectivity index (χ1v) is 6.41. The molecule has 0 spiro atoms. The van der Waals surface area contributed by atoms with Gasteiger partial charge in [0.2, 0.25) is 0 Å². The Morgan fingerprint density at radius 1 is 1.11 bits per heavy atom. The maximum Gasteiger partial charge on any atom is 0.303 e. The van der Waals surface area contributed by atoms with Crippen LogP contribution < -0.4 is 0 Å². The molecule has 0 heterocycles. The summed E-state index contributed by atoms with van der Waals surface area (Å²) in [7, 11) is 0. The van der Waals surface area contributed by atoms with Gasteiger partial charge in [0.15, 0.2) is 0 Å². The molecule has 18 heavy (non-hydrogen) atoms. The molecule has 0 saturated carbocycles. The maximum absolute atomic E-state index is 9.98. The van der Waals surface area contributed by atoms with Gasteiger partial charge in [-0.1, -0.05) is 27.2 Å². The van der Waals surface area contributed by atoms with Crippen LogP contribution in [0, 0.1) is 11.3 Å². The summed E-state index contributed by atoms with van der Waals surface area (Å²) in [5, 5.41) is 34.2. The summed E-state index contributed by atoms with van der Waals surface area (Å²) in [5.74, 6) is -0.0556. The van der Waals surface area contributed by atoms with Gasteiger partial charge < -0.3 is 20.4 Å². The lowest BCUT2D eigenvalue weighted by Crippen LogP contribution is -2.32. The summed E-state index contributed by atoms with van der Waals surface area (Å²) in [4.78, 5) is 9.98. The number of aliphatic hydroxyl groups excluding tert-OH is 3. The first-order chi connectivity index (χ1) is 8.37. The fraction of sp³-hybridized carbons (Fsp3) is 0.923. The first kappa shape index (κ1) is 19.7. The van der Waals surface area contributed by atoms with Crippen LogP contribution in [0.3, 0.4) is 0 Å². The van der Waals surface area contributed by atoms with Gasteiger partial charge in [0.05, 0.1) is 19.8 Å². The molecular weight excluding hydrogens is 236 g/mol. The normalized spacial score (nSPS) is 11.1. The number of hydrogen-bond acceptors (Lipinski definition) is 4. The van der Waals surface area contributed by atoms with Gasteiger partial charge in [0, 0.05) is 11.8 Å². The van der Waals surface area contributed by atoms with Crippen molar-refractivity contribution in [3.63, 3.8) is 0 Å². The molecule has 0 unspecified atom stereocenters. The predicted molar refractivity (Wildman–Crippen MR) is 70.3 cm³/mol. The van der Waals surface area contributed by atoms with Crippen molar-refractivity contribution >= 4 is 5.97 Å². The van der Waals surface area contributed by atoms with Crippen LogP contribution in [0.2, 0.25) is 0 Å². The summed E-state index contributed by atoms with van der Waals surface area (Å²) in [6, 6.07) is 0. The van der Waals surface area contributed by atoms with Crippen molar-refractivity contribution in [2.24, 2.45) is 11.3 Å². The SMILES string of the molecule is CC(C)CCCC(=O)O.CCC(CO)(CO)CO. The molecular formula is C13H28O5. The minimum atomic E-state index is -0.685. The molecule has 0 rings (SSSR count). The van der Waals surface area contributed by atoms with E-state index in [1.165, 1.54) is 0 Å². The van der Waals surface area contributed by atoms with Crippen LogP contribution in [0.25, 0.3) is 0 Å². The average molecular weight is 264 g/mol. The van der Waals surface area contributed by atoms with E-state index in [1.54, 1.807) is 0 Å². The van der Waals surface area contributed by atoms with Crippen LogP contribution in [0.5, 0.6) is 0 Å². The fourth-order valence-electron chi connectivity index (χ4n) is 1.15. The lowest BCUT2D eigenvalue weighted by atomic mass is 9.88. The number of rotatable bonds is 8. The Balaban J connectivity index is 0. The van der Waals surface area contributed by atoms with Crippen molar-refractivity contribution in [1.82, 2.24) is 0 Å². The summed E-state index contributed by atoms with van der Waals surface area (Å²) in [6.07, 6.45) is 2.74. The van der Waals surface area contributed by atoms with Gasteiger partial charge in [0.1, 0.15) is 0 Å². The summed E-state index contributed by atoms with van der Waals surface area (Å²) >= 11 is 0. The first-order valence-electron chi connectivity index (χ1n) is 6.41. The minimum absolute atomic E-state index is 0.156. The van der Waals surface area contributed by atoms with Crippen molar-refractivity contribution in [3.05, 3.63) is 0 Å². The maximum atomic E-state index is 9.98. The molecule has 0 aliphatic heterocycles. The molecule has 0 saturated heterocycles. The minimum Gasteiger partial charge on any atom is -0.481 e. The van der Waals surface area contributed by atoms with E-state index in [4.69, 9.17) is 20.4 Å². The van der Waals surface area contributed by atoms with Gasteiger partial charge in [-0.2, -0.15) is 0 Å². The van der Waals surface area contributed by atoms with Crippen molar-refractivity contribution in [1.29, 1.82) is 0 Å². The third-order valence-corrected chi connectivity index (χ3v) is 2.93. The summed E-state index contributed by atoms with van der Waals surface area (Å²) < 4.78 is 0. The Morgan fingerprint density at radius 3 is 1.72 bits per heavy atom. The predicted octanol–water partition coefficient (Wildman–Crippen LogP) is 1.26. The van der Waals surface area contributed by atoms with E-state index in [-0.39, 0.29) is 19.8 Å². The van der Waals surface area contributed by atoms with Gasteiger partial charge in [0.25, 0.3) is 0 Å². The van der Waals surface area contributed by atoms with Crippen molar-refractivity contribution < 1.29 is 25.2 Å². The Labute approximate surface area is 109 Å². The number of carboxylic acids is 1. The zero-order valence-corrected chi connectivity index (χ0v) is 11.7. The molecule has 5 nitrogen and oxygen atoms in total. The molecule has 0 bridgehead atoms. The van der Waals surface area contributed by atoms with Crippen LogP contribution >= 0.6 is 0 Å². The number of carbonyl (C=O) groups is 1. The number of carboxylic acid groups (broad SMARTS) is 1. The van der Waals surface area contributed by atoms with Crippen LogP contribution in [0.15, 0.2) is 0 Å². The summed E-state index contributed by atoms with van der Waals surface area (Å²) in [6.45, 7) is 5.55. The van der Waals surface area contributed by atoms with E-state index in [9.17, 15) is 4.79 Å². The van der Waals surface area contributed by atoms with E-state index >= 15 is 0 Å². The topological polar surface area (TPSA) is 98.0 Å². The smallest absolute Gasteiger partial charge is 0.303 e. The molecule has 0 fully saturated rings. The lowest BCUT2D eigenvalue weighted by molar-refractivity contribution is -0.137. The van der Waals surface area contributed by atoms with Crippen LogP contribution in [-0.4, -0.2) is 46.2 Å². The number of aliphatic hydroxyl groups is 3. The standard InChI is InChI=1S/C7H14O2.C6H14O3/c1-6(2)4-3-5-7(8)9;1-2-6(3-7,4-8)5-9/h6H,3-5H2,1-2H3,(H,8,9);7-9H,2-5H2,1H3. The van der Waals surface area contributed by atoms with Crippen molar-refractivity contribution in [2.75, 3.05) is 19.8 Å². The lowest BCUT2D eigenvalue weighted by Gasteiger charge is -2.24. The monoisotopic (exact) mass is 264 g/mol. The highest BCUT2D eigenvalue weighted by molar-refractivity contribution is 5.66. The number of aliphatic carboxylic acids is 1. The Morgan fingerprint density at radius 2 is 1.56 bits per heavy atom. The molecule has 0 aliphatic rings. The highest BCUT2D eigenvalue weighted by Gasteiger charge is 2.24. The van der Waals surface area contributed by atoms with Gasteiger partial charge in [-0.3, -0.25) is 4.79 Å². The zero-order chi connectivity index (χ0) is 14.6. The van der Waals surface area contributed by atoms with Crippen molar-refractivity contribution in [3.8, 4) is 0 Å².